The number of halogens is 2. The van der Waals surface area contributed by atoms with Gasteiger partial charge in [-0.3, -0.25) is 9.36 Å². The first-order valence-corrected chi connectivity index (χ1v) is 14.6. The Morgan fingerprint density at radius 1 is 1.13 bits per heavy atom. The number of allylic oxidation sites excluding steroid dienone is 1. The molecule has 2 aromatic carbocycles. The number of thiazole rings is 1. The minimum absolute atomic E-state index is 0.0263. The van der Waals surface area contributed by atoms with Crippen LogP contribution in [0.2, 0.25) is 0 Å². The van der Waals surface area contributed by atoms with E-state index in [1.807, 2.05) is 63.2 Å². The van der Waals surface area contributed by atoms with Crippen LogP contribution >= 0.6 is 43.2 Å². The predicted molar refractivity (Wildman–Crippen MR) is 156 cm³/mol. The van der Waals surface area contributed by atoms with E-state index >= 15 is 0 Å². The van der Waals surface area contributed by atoms with E-state index in [0.29, 0.717) is 38.7 Å². The lowest BCUT2D eigenvalue weighted by Gasteiger charge is -2.25. The Labute approximate surface area is 241 Å². The number of carbonyl (C=O) groups is 1. The van der Waals surface area contributed by atoms with Gasteiger partial charge >= 0.3 is 5.97 Å². The molecular formula is C28H28Br2N2O5S. The van der Waals surface area contributed by atoms with Crippen LogP contribution in [0, 0.1) is 0 Å². The predicted octanol–water partition coefficient (Wildman–Crippen LogP) is 5.51. The van der Waals surface area contributed by atoms with E-state index in [2.05, 4.69) is 36.9 Å². The molecule has 4 rings (SSSR count). The van der Waals surface area contributed by atoms with E-state index in [9.17, 15) is 9.59 Å². The van der Waals surface area contributed by atoms with E-state index in [-0.39, 0.29) is 18.3 Å². The topological polar surface area (TPSA) is 79.1 Å². The number of rotatable bonds is 8. The largest absolute Gasteiger partial charge is 0.492 e. The highest BCUT2D eigenvalue weighted by molar-refractivity contribution is 9.11. The monoisotopic (exact) mass is 662 g/mol. The van der Waals surface area contributed by atoms with Gasteiger partial charge in [-0.1, -0.05) is 23.5 Å². The van der Waals surface area contributed by atoms with Crippen LogP contribution in [0.5, 0.6) is 11.5 Å². The Bertz CT molecular complexity index is 1550. The van der Waals surface area contributed by atoms with E-state index < -0.39 is 12.0 Å². The van der Waals surface area contributed by atoms with E-state index in [1.54, 1.807) is 18.4 Å². The number of hydrogen-bond donors (Lipinski definition) is 0. The van der Waals surface area contributed by atoms with Crippen LogP contribution in [0.3, 0.4) is 0 Å². The van der Waals surface area contributed by atoms with E-state index in [4.69, 9.17) is 14.2 Å². The summed E-state index contributed by atoms with van der Waals surface area (Å²) in [5.74, 6) is 0.918. The lowest BCUT2D eigenvalue weighted by Crippen LogP contribution is -2.39. The van der Waals surface area contributed by atoms with Crippen molar-refractivity contribution in [2.75, 3.05) is 13.2 Å². The molecular weight excluding hydrogens is 636 g/mol. The summed E-state index contributed by atoms with van der Waals surface area (Å²) in [5.41, 5.74) is 2.20. The van der Waals surface area contributed by atoms with Crippen molar-refractivity contribution in [2.45, 2.75) is 46.8 Å². The summed E-state index contributed by atoms with van der Waals surface area (Å²) in [4.78, 5) is 32.1. The third-order valence-electron chi connectivity index (χ3n) is 5.69. The van der Waals surface area contributed by atoms with Crippen LogP contribution in [0.15, 0.2) is 66.4 Å². The second-order valence-corrected chi connectivity index (χ2v) is 11.5. The van der Waals surface area contributed by atoms with Crippen LogP contribution < -0.4 is 24.4 Å². The Kier molecular flexibility index (Phi) is 8.95. The van der Waals surface area contributed by atoms with Gasteiger partial charge in [-0.25, -0.2) is 9.79 Å². The zero-order chi connectivity index (χ0) is 27.6. The van der Waals surface area contributed by atoms with Crippen LogP contribution in [0.25, 0.3) is 6.08 Å². The normalized spacial score (nSPS) is 15.4. The molecule has 0 amide bonds. The fourth-order valence-corrected chi connectivity index (χ4v) is 6.70. The minimum atomic E-state index is -0.681. The van der Waals surface area contributed by atoms with Crippen molar-refractivity contribution in [1.82, 2.24) is 4.57 Å². The van der Waals surface area contributed by atoms with Gasteiger partial charge in [-0.15, -0.1) is 0 Å². The van der Waals surface area contributed by atoms with Crippen molar-refractivity contribution in [2.24, 2.45) is 4.99 Å². The van der Waals surface area contributed by atoms with Gasteiger partial charge in [0.1, 0.15) is 11.5 Å². The lowest BCUT2D eigenvalue weighted by molar-refractivity contribution is -0.139. The molecule has 0 radical (unpaired) electrons. The van der Waals surface area contributed by atoms with Gasteiger partial charge in [0.15, 0.2) is 4.80 Å². The van der Waals surface area contributed by atoms with Gasteiger partial charge in [0.2, 0.25) is 0 Å². The molecule has 2 heterocycles. The number of benzene rings is 2. The molecule has 0 saturated carbocycles. The molecule has 0 fully saturated rings. The van der Waals surface area contributed by atoms with Crippen molar-refractivity contribution in [3.63, 3.8) is 0 Å². The molecule has 0 aliphatic carbocycles. The average Bonchev–Trinajstić information content (AvgIpc) is 3.15. The molecule has 38 heavy (non-hydrogen) atoms. The first kappa shape index (κ1) is 28.3. The van der Waals surface area contributed by atoms with Gasteiger partial charge in [-0.2, -0.15) is 0 Å². The maximum Gasteiger partial charge on any atom is 0.338 e. The fraction of sp³-hybridized carbons (Fsp3) is 0.321. The number of aromatic nitrogens is 1. The zero-order valence-corrected chi connectivity index (χ0v) is 25.7. The number of carbonyl (C=O) groups excluding carboxylic acids is 1. The Hall–Kier alpha value is -2.69. The molecule has 0 bridgehead atoms. The van der Waals surface area contributed by atoms with Crippen molar-refractivity contribution >= 4 is 55.2 Å². The Morgan fingerprint density at radius 2 is 1.79 bits per heavy atom. The first-order chi connectivity index (χ1) is 18.1. The highest BCUT2D eigenvalue weighted by atomic mass is 79.9. The molecule has 7 nitrogen and oxygen atoms in total. The zero-order valence-electron chi connectivity index (χ0n) is 21.7. The average molecular weight is 664 g/mol. The maximum absolute atomic E-state index is 13.8. The van der Waals surface area contributed by atoms with Crippen molar-refractivity contribution in [3.05, 3.63) is 87.4 Å². The highest BCUT2D eigenvalue weighted by Crippen LogP contribution is 2.35. The first-order valence-electron chi connectivity index (χ1n) is 12.2. The summed E-state index contributed by atoms with van der Waals surface area (Å²) in [7, 11) is 0. The Balaban J connectivity index is 1.88. The molecule has 0 saturated heterocycles. The fourth-order valence-electron chi connectivity index (χ4n) is 4.20. The number of fused-ring (bicyclic) bond motifs is 1. The molecule has 1 aromatic heterocycles. The van der Waals surface area contributed by atoms with Crippen LogP contribution in [-0.2, 0) is 9.53 Å². The third-order valence-corrected chi connectivity index (χ3v) is 7.85. The van der Waals surface area contributed by atoms with Gasteiger partial charge in [-0.05, 0) is 108 Å². The summed E-state index contributed by atoms with van der Waals surface area (Å²) in [6, 6.07) is 10.6. The molecule has 200 valence electrons. The molecule has 10 heteroatoms. The standard InChI is InChI=1S/C28H28Br2N2O5S/c1-6-35-25-20(29)12-17(13-21(25)30)14-22-26(33)32-24(18-8-10-19(11-9-18)37-15(3)4)23(27(34)36-7-2)16(5)31-28(32)38-22/h8-15,24H,6-7H2,1-5H3/b22-14-/t24-/m1/s1. The summed E-state index contributed by atoms with van der Waals surface area (Å²) in [6.07, 6.45) is 1.84. The number of esters is 1. The van der Waals surface area contributed by atoms with Crippen LogP contribution in [0.1, 0.15) is 51.8 Å². The molecule has 0 unspecified atom stereocenters. The lowest BCUT2D eigenvalue weighted by atomic mass is 9.96. The summed E-state index contributed by atoms with van der Waals surface area (Å²) in [6.45, 7) is 10.1. The SMILES string of the molecule is CCOC(=O)C1=C(C)N=c2s/c(=C\c3cc(Br)c(OCC)c(Br)c3)c(=O)n2[C@@H]1c1ccc(OC(C)C)cc1. The summed E-state index contributed by atoms with van der Waals surface area (Å²) < 4.78 is 20.5. The molecule has 3 aromatic rings. The van der Waals surface area contributed by atoms with E-state index in [0.717, 1.165) is 20.1 Å². The summed E-state index contributed by atoms with van der Waals surface area (Å²) >= 11 is 8.39. The van der Waals surface area contributed by atoms with Crippen molar-refractivity contribution in [3.8, 4) is 11.5 Å². The van der Waals surface area contributed by atoms with Crippen molar-refractivity contribution in [1.29, 1.82) is 0 Å². The Morgan fingerprint density at radius 3 is 2.37 bits per heavy atom. The number of ether oxygens (including phenoxy) is 3. The van der Waals surface area contributed by atoms with Crippen LogP contribution in [-0.4, -0.2) is 29.9 Å². The maximum atomic E-state index is 13.8. The second kappa shape index (κ2) is 12.0. The smallest absolute Gasteiger partial charge is 0.338 e. The van der Waals surface area contributed by atoms with Crippen LogP contribution in [0.4, 0.5) is 0 Å². The van der Waals surface area contributed by atoms with Gasteiger partial charge < -0.3 is 14.2 Å². The third kappa shape index (κ3) is 5.82. The van der Waals surface area contributed by atoms with Crippen molar-refractivity contribution < 1.29 is 19.0 Å². The minimum Gasteiger partial charge on any atom is -0.492 e. The molecule has 0 spiro atoms. The molecule has 1 aliphatic rings. The highest BCUT2D eigenvalue weighted by Gasteiger charge is 2.33. The number of hydrogen-bond acceptors (Lipinski definition) is 7. The molecule has 1 aliphatic heterocycles. The molecule has 0 N–H and O–H groups in total. The summed E-state index contributed by atoms with van der Waals surface area (Å²) in [5, 5.41) is 0. The van der Waals surface area contributed by atoms with Gasteiger partial charge in [0.05, 0.1) is 50.1 Å². The van der Waals surface area contributed by atoms with Gasteiger partial charge in [0, 0.05) is 0 Å². The molecule has 1 atom stereocenters. The van der Waals surface area contributed by atoms with E-state index in [1.165, 1.54) is 11.3 Å². The van der Waals surface area contributed by atoms with Gasteiger partial charge in [0.25, 0.3) is 5.56 Å². The quantitative estimate of drug-likeness (QED) is 0.297. The number of nitrogens with zero attached hydrogens (tertiary/aromatic N) is 2. The second-order valence-electron chi connectivity index (χ2n) is 8.78.